The summed E-state index contributed by atoms with van der Waals surface area (Å²) in [6, 6.07) is 6.97. The highest BCUT2D eigenvalue weighted by molar-refractivity contribution is 5.53. The van der Waals surface area contributed by atoms with Crippen LogP contribution in [0.15, 0.2) is 33.6 Å². The molecule has 1 aliphatic rings. The van der Waals surface area contributed by atoms with E-state index in [1.54, 1.807) is 0 Å². The summed E-state index contributed by atoms with van der Waals surface area (Å²) in [6.45, 7) is 0.212. The lowest BCUT2D eigenvalue weighted by atomic mass is 9.92. The second kappa shape index (κ2) is 5.24. The molecule has 1 aromatic carbocycles. The molecule has 2 aromatic rings. The molecule has 1 atom stereocenters. The number of H-pyrrole nitrogens is 1. The number of aldehydes is 1. The van der Waals surface area contributed by atoms with Gasteiger partial charge in [-0.1, -0.05) is 6.07 Å². The van der Waals surface area contributed by atoms with Gasteiger partial charge in [-0.25, -0.2) is 0 Å². The highest BCUT2D eigenvalue weighted by Crippen LogP contribution is 2.36. The Morgan fingerprint density at radius 2 is 2.10 bits per heavy atom. The number of carbonyl (C=O) groups is 1. The number of fused-ring (bicyclic) bond motifs is 1. The summed E-state index contributed by atoms with van der Waals surface area (Å²) < 4.78 is 15.6. The van der Waals surface area contributed by atoms with Gasteiger partial charge >= 0.3 is 0 Å². The monoisotopic (exact) mass is 275 g/mol. The van der Waals surface area contributed by atoms with Crippen molar-refractivity contribution in [2.75, 3.05) is 6.79 Å². The van der Waals surface area contributed by atoms with Gasteiger partial charge in [0.05, 0.1) is 0 Å². The second-order valence-electron chi connectivity index (χ2n) is 4.60. The number of hydrogen-bond donors (Lipinski definition) is 1. The van der Waals surface area contributed by atoms with Crippen molar-refractivity contribution in [3.8, 4) is 11.5 Å². The third kappa shape index (κ3) is 2.45. The first-order valence-corrected chi connectivity index (χ1v) is 6.27. The number of aromatic nitrogens is 1. The number of nitrogens with one attached hydrogen (secondary N) is 1. The third-order valence-corrected chi connectivity index (χ3v) is 3.27. The first-order valence-electron chi connectivity index (χ1n) is 6.27. The molecule has 0 aliphatic carbocycles. The number of rotatable bonds is 5. The molecule has 2 heterocycles. The Kier molecular flexibility index (Phi) is 3.28. The van der Waals surface area contributed by atoms with Gasteiger partial charge in [-0.05, 0) is 23.6 Å². The topological polar surface area (TPSA) is 81.5 Å². The van der Waals surface area contributed by atoms with E-state index in [2.05, 4.69) is 5.16 Å². The van der Waals surface area contributed by atoms with Crippen LogP contribution in [0.5, 0.6) is 11.5 Å². The van der Waals surface area contributed by atoms with E-state index in [4.69, 9.17) is 14.0 Å². The van der Waals surface area contributed by atoms with Crippen LogP contribution in [0.2, 0.25) is 0 Å². The Labute approximate surface area is 114 Å². The summed E-state index contributed by atoms with van der Waals surface area (Å²) >= 11 is 0. The average molecular weight is 275 g/mol. The van der Waals surface area contributed by atoms with Crippen molar-refractivity contribution in [1.82, 2.24) is 5.16 Å². The first kappa shape index (κ1) is 12.5. The molecule has 0 amide bonds. The molecule has 0 spiro atoms. The van der Waals surface area contributed by atoms with E-state index < -0.39 is 0 Å². The number of aromatic amines is 1. The molecule has 1 unspecified atom stereocenters. The van der Waals surface area contributed by atoms with Crippen molar-refractivity contribution in [2.24, 2.45) is 0 Å². The van der Waals surface area contributed by atoms with Gasteiger partial charge in [0.15, 0.2) is 11.5 Å². The van der Waals surface area contributed by atoms with Gasteiger partial charge in [0.1, 0.15) is 12.0 Å². The SMILES string of the molecule is O=CCC(Cc1cc(=O)[nH]o1)c1ccc2c(c1)OCO2. The molecule has 3 rings (SSSR count). The van der Waals surface area contributed by atoms with Crippen molar-refractivity contribution < 1.29 is 18.8 Å². The van der Waals surface area contributed by atoms with Crippen LogP contribution in [-0.4, -0.2) is 18.2 Å². The predicted octanol–water partition coefficient (Wildman–Crippen LogP) is 1.61. The van der Waals surface area contributed by atoms with Crippen LogP contribution in [0.3, 0.4) is 0 Å². The Morgan fingerprint density at radius 1 is 1.25 bits per heavy atom. The molecule has 20 heavy (non-hydrogen) atoms. The molecular weight excluding hydrogens is 262 g/mol. The lowest BCUT2D eigenvalue weighted by Gasteiger charge is -2.13. The smallest absolute Gasteiger partial charge is 0.280 e. The molecule has 0 radical (unpaired) electrons. The van der Waals surface area contributed by atoms with Crippen LogP contribution >= 0.6 is 0 Å². The summed E-state index contributed by atoms with van der Waals surface area (Å²) in [4.78, 5) is 21.9. The van der Waals surface area contributed by atoms with Crippen LogP contribution in [0, 0.1) is 0 Å². The fraction of sp³-hybridized carbons (Fsp3) is 0.286. The Bertz CT molecular complexity index is 672. The standard InChI is InChI=1S/C14H13NO5/c16-4-3-10(5-11-7-14(17)15-20-11)9-1-2-12-13(6-9)19-8-18-12/h1-2,4,6-7,10H,3,5,8H2,(H,15,17). The molecule has 104 valence electrons. The molecule has 6 nitrogen and oxygen atoms in total. The Morgan fingerprint density at radius 3 is 2.85 bits per heavy atom. The fourth-order valence-corrected chi connectivity index (χ4v) is 2.28. The van der Waals surface area contributed by atoms with Gasteiger partial charge in [-0.3, -0.25) is 4.79 Å². The van der Waals surface area contributed by atoms with Crippen molar-refractivity contribution in [2.45, 2.75) is 18.8 Å². The minimum absolute atomic E-state index is 0.0686. The van der Waals surface area contributed by atoms with E-state index in [1.165, 1.54) is 6.07 Å². The fourth-order valence-electron chi connectivity index (χ4n) is 2.28. The quantitative estimate of drug-likeness (QED) is 0.838. The minimum Gasteiger partial charge on any atom is -0.454 e. The van der Waals surface area contributed by atoms with E-state index >= 15 is 0 Å². The zero-order valence-corrected chi connectivity index (χ0v) is 10.6. The number of hydrogen-bond acceptors (Lipinski definition) is 5. The van der Waals surface area contributed by atoms with Crippen LogP contribution < -0.4 is 15.0 Å². The summed E-state index contributed by atoms with van der Waals surface area (Å²) in [5.74, 6) is 1.83. The van der Waals surface area contributed by atoms with Gasteiger partial charge in [-0.2, -0.15) is 5.16 Å². The van der Waals surface area contributed by atoms with E-state index in [1.807, 2.05) is 18.2 Å². The lowest BCUT2D eigenvalue weighted by Crippen LogP contribution is -2.04. The maximum absolute atomic E-state index is 11.1. The Balaban J connectivity index is 1.86. The van der Waals surface area contributed by atoms with E-state index in [9.17, 15) is 9.59 Å². The number of carbonyl (C=O) groups excluding carboxylic acids is 1. The maximum atomic E-state index is 11.1. The van der Waals surface area contributed by atoms with Gasteiger partial charge in [0.2, 0.25) is 6.79 Å². The zero-order chi connectivity index (χ0) is 13.9. The van der Waals surface area contributed by atoms with Crippen LogP contribution in [0.25, 0.3) is 0 Å². The number of ether oxygens (including phenoxy) is 2. The summed E-state index contributed by atoms with van der Waals surface area (Å²) in [5, 5.41) is 2.25. The molecule has 0 bridgehead atoms. The molecular formula is C14H13NO5. The van der Waals surface area contributed by atoms with E-state index in [0.29, 0.717) is 30.1 Å². The molecule has 0 saturated carbocycles. The van der Waals surface area contributed by atoms with Crippen LogP contribution in [-0.2, 0) is 11.2 Å². The largest absolute Gasteiger partial charge is 0.454 e. The molecule has 1 N–H and O–H groups in total. The van der Waals surface area contributed by atoms with Gasteiger partial charge in [-0.15, -0.1) is 0 Å². The van der Waals surface area contributed by atoms with Gasteiger partial charge in [0.25, 0.3) is 5.56 Å². The molecule has 6 heteroatoms. The van der Waals surface area contributed by atoms with E-state index in [0.717, 1.165) is 11.8 Å². The summed E-state index contributed by atoms with van der Waals surface area (Å²) in [7, 11) is 0. The van der Waals surface area contributed by atoms with Crippen molar-refractivity contribution in [3.63, 3.8) is 0 Å². The number of benzene rings is 1. The Hall–Kier alpha value is -2.50. The highest BCUT2D eigenvalue weighted by atomic mass is 16.7. The normalized spacial score (nSPS) is 14.2. The summed E-state index contributed by atoms with van der Waals surface area (Å²) in [5.41, 5.74) is 0.667. The molecule has 0 fully saturated rings. The van der Waals surface area contributed by atoms with Crippen LogP contribution in [0.1, 0.15) is 23.7 Å². The average Bonchev–Trinajstić information content (AvgIpc) is 3.06. The molecule has 1 aromatic heterocycles. The molecule has 0 saturated heterocycles. The van der Waals surface area contributed by atoms with Crippen LogP contribution in [0.4, 0.5) is 0 Å². The lowest BCUT2D eigenvalue weighted by molar-refractivity contribution is -0.108. The minimum atomic E-state index is -0.282. The van der Waals surface area contributed by atoms with Gasteiger partial charge in [0, 0.05) is 18.9 Å². The molecule has 1 aliphatic heterocycles. The van der Waals surface area contributed by atoms with Crippen molar-refractivity contribution in [3.05, 3.63) is 45.9 Å². The third-order valence-electron chi connectivity index (χ3n) is 3.27. The van der Waals surface area contributed by atoms with Gasteiger partial charge < -0.3 is 18.8 Å². The zero-order valence-electron chi connectivity index (χ0n) is 10.6. The van der Waals surface area contributed by atoms with Crippen molar-refractivity contribution in [1.29, 1.82) is 0 Å². The van der Waals surface area contributed by atoms with E-state index in [-0.39, 0.29) is 18.3 Å². The first-order chi connectivity index (χ1) is 9.76. The summed E-state index contributed by atoms with van der Waals surface area (Å²) in [6.07, 6.45) is 1.67. The second-order valence-corrected chi connectivity index (χ2v) is 4.60. The predicted molar refractivity (Wildman–Crippen MR) is 69.0 cm³/mol. The van der Waals surface area contributed by atoms with Crippen molar-refractivity contribution >= 4 is 6.29 Å². The highest BCUT2D eigenvalue weighted by Gasteiger charge is 2.19. The maximum Gasteiger partial charge on any atom is 0.280 e.